The number of pyridine rings is 1. The highest BCUT2D eigenvalue weighted by Crippen LogP contribution is 2.31. The number of imidazole rings is 1. The Kier molecular flexibility index (Phi) is 3.54. The quantitative estimate of drug-likeness (QED) is 0.497. The van der Waals surface area contributed by atoms with Crippen LogP contribution in [0.1, 0.15) is 26.5 Å². The molecule has 7 nitrogen and oxygen atoms in total. The Morgan fingerprint density at radius 1 is 1.45 bits per heavy atom. The molecule has 20 heavy (non-hydrogen) atoms. The summed E-state index contributed by atoms with van der Waals surface area (Å²) < 4.78 is 1.76. The number of nitrogen functional groups attached to an aromatic ring is 1. The molecule has 2 aromatic heterocycles. The molecule has 0 aliphatic rings. The molecule has 1 amide bonds. The van der Waals surface area contributed by atoms with Crippen LogP contribution >= 0.6 is 0 Å². The first-order valence-corrected chi connectivity index (χ1v) is 6.29. The second kappa shape index (κ2) is 5.01. The van der Waals surface area contributed by atoms with Crippen LogP contribution in [-0.2, 0) is 10.2 Å². The van der Waals surface area contributed by atoms with Gasteiger partial charge in [-0.3, -0.25) is 14.4 Å². The van der Waals surface area contributed by atoms with Gasteiger partial charge in [-0.05, 0) is 12.1 Å². The maximum absolute atomic E-state index is 11.2. The predicted octanol–water partition coefficient (Wildman–Crippen LogP) is 1.13. The van der Waals surface area contributed by atoms with E-state index >= 15 is 0 Å². The molecule has 7 heteroatoms. The molecule has 0 saturated heterocycles. The van der Waals surface area contributed by atoms with E-state index in [0.29, 0.717) is 17.3 Å². The molecule has 0 atom stereocenters. The van der Waals surface area contributed by atoms with E-state index in [9.17, 15) is 4.79 Å². The number of nitrogens with zero attached hydrogens (tertiary/aromatic N) is 2. The third kappa shape index (κ3) is 2.53. The van der Waals surface area contributed by atoms with Crippen LogP contribution in [0.4, 0.5) is 11.6 Å². The zero-order valence-electron chi connectivity index (χ0n) is 11.8. The molecule has 0 aromatic carbocycles. The van der Waals surface area contributed by atoms with Gasteiger partial charge in [0, 0.05) is 5.41 Å². The van der Waals surface area contributed by atoms with E-state index in [-0.39, 0.29) is 12.0 Å². The van der Waals surface area contributed by atoms with Crippen molar-refractivity contribution >= 4 is 23.2 Å². The summed E-state index contributed by atoms with van der Waals surface area (Å²) in [6, 6.07) is 5.44. The van der Waals surface area contributed by atoms with Crippen molar-refractivity contribution < 1.29 is 10.0 Å². The van der Waals surface area contributed by atoms with Gasteiger partial charge in [-0.1, -0.05) is 26.8 Å². The van der Waals surface area contributed by atoms with Crippen molar-refractivity contribution in [2.75, 3.05) is 17.6 Å². The normalized spacial score (nSPS) is 11.6. The predicted molar refractivity (Wildman–Crippen MR) is 76.7 cm³/mol. The largest absolute Gasteiger partial charge is 0.385 e. The van der Waals surface area contributed by atoms with Crippen LogP contribution in [0.5, 0.6) is 0 Å². The van der Waals surface area contributed by atoms with E-state index in [1.807, 2.05) is 32.9 Å². The van der Waals surface area contributed by atoms with E-state index in [2.05, 4.69) is 10.3 Å². The first-order valence-electron chi connectivity index (χ1n) is 6.29. The van der Waals surface area contributed by atoms with Crippen molar-refractivity contribution in [2.45, 2.75) is 26.2 Å². The second-order valence-corrected chi connectivity index (χ2v) is 5.59. The molecule has 2 aromatic rings. The van der Waals surface area contributed by atoms with Gasteiger partial charge in [-0.25, -0.2) is 10.5 Å². The third-order valence-electron chi connectivity index (χ3n) is 2.93. The molecule has 0 aliphatic heterocycles. The van der Waals surface area contributed by atoms with Crippen molar-refractivity contribution in [3.05, 3.63) is 23.9 Å². The smallest absolute Gasteiger partial charge is 0.262 e. The number of carbonyl (C=O) groups excluding carboxylic acids is 1. The number of rotatable bonds is 3. The molecule has 0 aliphatic carbocycles. The molecule has 0 radical (unpaired) electrons. The SMILES string of the molecule is CC(C)(C)c1nc2cccc(N)n2c1NCC(=O)NO. The van der Waals surface area contributed by atoms with Crippen molar-refractivity contribution in [1.29, 1.82) is 0 Å². The van der Waals surface area contributed by atoms with Gasteiger partial charge in [0.25, 0.3) is 5.91 Å². The van der Waals surface area contributed by atoms with Crippen LogP contribution in [0.15, 0.2) is 18.2 Å². The van der Waals surface area contributed by atoms with E-state index in [1.165, 1.54) is 0 Å². The van der Waals surface area contributed by atoms with Crippen molar-refractivity contribution in [2.24, 2.45) is 0 Å². The van der Waals surface area contributed by atoms with E-state index in [1.54, 1.807) is 15.9 Å². The molecular formula is C13H19N5O2. The minimum atomic E-state index is -0.533. The Morgan fingerprint density at radius 3 is 2.75 bits per heavy atom. The Hall–Kier alpha value is -2.28. The van der Waals surface area contributed by atoms with Crippen molar-refractivity contribution in [1.82, 2.24) is 14.9 Å². The topological polar surface area (TPSA) is 105 Å². The highest BCUT2D eigenvalue weighted by Gasteiger charge is 2.24. The summed E-state index contributed by atoms with van der Waals surface area (Å²) in [6.45, 7) is 6.02. The van der Waals surface area contributed by atoms with Crippen LogP contribution in [0, 0.1) is 0 Å². The summed E-state index contributed by atoms with van der Waals surface area (Å²) in [7, 11) is 0. The summed E-state index contributed by atoms with van der Waals surface area (Å²) in [5.74, 6) is 0.654. The number of nitrogens with one attached hydrogen (secondary N) is 2. The molecule has 108 valence electrons. The van der Waals surface area contributed by atoms with Crippen molar-refractivity contribution in [3.63, 3.8) is 0 Å². The van der Waals surface area contributed by atoms with Gasteiger partial charge in [0.1, 0.15) is 17.3 Å². The van der Waals surface area contributed by atoms with Gasteiger partial charge < -0.3 is 11.1 Å². The molecular weight excluding hydrogens is 258 g/mol. The number of carbonyl (C=O) groups is 1. The van der Waals surface area contributed by atoms with Crippen LogP contribution < -0.4 is 16.5 Å². The summed E-state index contributed by atoms with van der Waals surface area (Å²) in [4.78, 5) is 15.8. The average molecular weight is 277 g/mol. The van der Waals surface area contributed by atoms with Gasteiger partial charge in [0.2, 0.25) is 0 Å². The molecule has 0 unspecified atom stereocenters. The summed E-state index contributed by atoms with van der Waals surface area (Å²) in [5.41, 5.74) is 8.88. The van der Waals surface area contributed by atoms with Crippen LogP contribution in [0.25, 0.3) is 5.65 Å². The zero-order chi connectivity index (χ0) is 14.9. The fraction of sp³-hybridized carbons (Fsp3) is 0.385. The van der Waals surface area contributed by atoms with E-state index < -0.39 is 5.91 Å². The molecule has 2 rings (SSSR count). The second-order valence-electron chi connectivity index (χ2n) is 5.59. The van der Waals surface area contributed by atoms with Gasteiger partial charge >= 0.3 is 0 Å². The molecule has 0 bridgehead atoms. The standard InChI is InChI=1S/C13H19N5O2/c1-13(2,3)11-12(15-7-10(19)17-20)18-8(14)5-4-6-9(18)16-11/h4-6,15,20H,7,14H2,1-3H3,(H,17,19). The Morgan fingerprint density at radius 2 is 2.15 bits per heavy atom. The highest BCUT2D eigenvalue weighted by atomic mass is 16.5. The fourth-order valence-electron chi connectivity index (χ4n) is 2.01. The minimum absolute atomic E-state index is 0.0678. The highest BCUT2D eigenvalue weighted by molar-refractivity contribution is 5.80. The maximum atomic E-state index is 11.2. The average Bonchev–Trinajstić information content (AvgIpc) is 2.76. The summed E-state index contributed by atoms with van der Waals surface area (Å²) in [5, 5.41) is 11.6. The zero-order valence-corrected chi connectivity index (χ0v) is 11.8. The number of aromatic nitrogens is 2. The number of anilines is 2. The lowest BCUT2D eigenvalue weighted by Gasteiger charge is -2.18. The fourth-order valence-corrected chi connectivity index (χ4v) is 2.01. The summed E-state index contributed by atoms with van der Waals surface area (Å²) in [6.07, 6.45) is 0. The lowest BCUT2D eigenvalue weighted by atomic mass is 9.92. The van der Waals surface area contributed by atoms with Crippen LogP contribution in [0.2, 0.25) is 0 Å². The van der Waals surface area contributed by atoms with Gasteiger partial charge in [-0.2, -0.15) is 0 Å². The number of amides is 1. The minimum Gasteiger partial charge on any atom is -0.385 e. The Bertz CT molecular complexity index is 642. The molecule has 2 heterocycles. The molecule has 5 N–H and O–H groups in total. The summed E-state index contributed by atoms with van der Waals surface area (Å²) >= 11 is 0. The third-order valence-corrected chi connectivity index (χ3v) is 2.93. The number of nitrogens with two attached hydrogens (primary N) is 1. The number of fused-ring (bicyclic) bond motifs is 1. The van der Waals surface area contributed by atoms with Gasteiger partial charge in [0.05, 0.1) is 12.2 Å². The van der Waals surface area contributed by atoms with Crippen molar-refractivity contribution in [3.8, 4) is 0 Å². The first kappa shape index (κ1) is 14.1. The number of hydrogen-bond acceptors (Lipinski definition) is 5. The first-order chi connectivity index (χ1) is 9.34. The van der Waals surface area contributed by atoms with Crippen LogP contribution in [-0.4, -0.2) is 27.0 Å². The lowest BCUT2D eigenvalue weighted by molar-refractivity contribution is -0.127. The lowest BCUT2D eigenvalue weighted by Crippen LogP contribution is -2.28. The molecule has 0 spiro atoms. The molecule has 0 fully saturated rings. The maximum Gasteiger partial charge on any atom is 0.262 e. The van der Waals surface area contributed by atoms with Crippen LogP contribution in [0.3, 0.4) is 0 Å². The van der Waals surface area contributed by atoms with E-state index in [0.717, 1.165) is 5.69 Å². The molecule has 0 saturated carbocycles. The monoisotopic (exact) mass is 277 g/mol. The number of hydrogen-bond donors (Lipinski definition) is 4. The van der Waals surface area contributed by atoms with Gasteiger partial charge in [-0.15, -0.1) is 0 Å². The Labute approximate surface area is 116 Å². The number of hydroxylamine groups is 1. The van der Waals surface area contributed by atoms with Gasteiger partial charge in [0.15, 0.2) is 0 Å². The van der Waals surface area contributed by atoms with E-state index in [4.69, 9.17) is 10.9 Å². The Balaban J connectivity index is 2.55.